The lowest BCUT2D eigenvalue weighted by Gasteiger charge is -2.16. The van der Waals surface area contributed by atoms with Crippen molar-refractivity contribution in [3.8, 4) is 26.9 Å². The number of hydrogen-bond donors (Lipinski definition) is 1. The molecule has 1 radical (unpaired) electrons. The predicted octanol–water partition coefficient (Wildman–Crippen LogP) is 7.20. The van der Waals surface area contributed by atoms with Gasteiger partial charge in [0.1, 0.15) is 10.8 Å². The van der Waals surface area contributed by atoms with Crippen LogP contribution in [0.15, 0.2) is 76.8 Å². The van der Waals surface area contributed by atoms with E-state index in [-0.39, 0.29) is 6.04 Å². The van der Waals surface area contributed by atoms with E-state index in [0.717, 1.165) is 39.3 Å². The van der Waals surface area contributed by atoms with Gasteiger partial charge in [-0.05, 0) is 41.6 Å². The van der Waals surface area contributed by atoms with Crippen molar-refractivity contribution < 1.29 is 4.74 Å². The van der Waals surface area contributed by atoms with Crippen LogP contribution in [0.1, 0.15) is 17.3 Å². The smallest absolute Gasteiger partial charge is 0.183 e. The molecule has 7 heteroatoms. The summed E-state index contributed by atoms with van der Waals surface area (Å²) in [7, 11) is 1.69. The van der Waals surface area contributed by atoms with Crippen molar-refractivity contribution in [3.05, 3.63) is 94.1 Å². The van der Waals surface area contributed by atoms with Gasteiger partial charge in [-0.3, -0.25) is 0 Å². The molecule has 1 N–H and O–H groups in total. The molecule has 32 heavy (non-hydrogen) atoms. The van der Waals surface area contributed by atoms with Crippen molar-refractivity contribution in [2.45, 2.75) is 12.5 Å². The summed E-state index contributed by atoms with van der Waals surface area (Å²) >= 11 is 4.99. The number of benzene rings is 2. The summed E-state index contributed by atoms with van der Waals surface area (Å²) < 4.78 is 5.51. The van der Waals surface area contributed by atoms with Crippen molar-refractivity contribution in [2.24, 2.45) is 0 Å². The molecular weight excluding hydrogens is 454 g/mol. The van der Waals surface area contributed by atoms with E-state index in [4.69, 9.17) is 14.7 Å². The number of para-hydroxylation sites is 1. The highest BCUT2D eigenvalue weighted by molar-refractivity contribution is 7.20. The van der Waals surface area contributed by atoms with Crippen LogP contribution in [0, 0.1) is 6.07 Å². The van der Waals surface area contributed by atoms with Gasteiger partial charge in [-0.1, -0.05) is 42.5 Å². The third kappa shape index (κ3) is 4.60. The Balaban J connectivity index is 1.43. The zero-order valence-electron chi connectivity index (χ0n) is 17.3. The van der Waals surface area contributed by atoms with E-state index in [1.54, 1.807) is 41.1 Å². The Morgan fingerprint density at radius 1 is 0.969 bits per heavy atom. The summed E-state index contributed by atoms with van der Waals surface area (Å²) in [4.78, 5) is 11.0. The molecular formula is C25H20N3OS3. The molecule has 0 unspecified atom stereocenters. The SMILES string of the molecule is COc1ccccc1-c1csc(N[C@@H](Cc2cc[c]cc2)c2csc(-c3cccs3)n2)n1. The molecule has 0 spiro atoms. The lowest BCUT2D eigenvalue weighted by atomic mass is 10.0. The number of hydrogen-bond acceptors (Lipinski definition) is 7. The van der Waals surface area contributed by atoms with Gasteiger partial charge in [-0.25, -0.2) is 9.97 Å². The Kier molecular flexibility index (Phi) is 6.29. The first-order valence-electron chi connectivity index (χ1n) is 10.1. The van der Waals surface area contributed by atoms with Crippen molar-refractivity contribution in [3.63, 3.8) is 0 Å². The third-order valence-corrected chi connectivity index (χ3v) is 7.70. The van der Waals surface area contributed by atoms with Gasteiger partial charge in [-0.2, -0.15) is 0 Å². The first kappa shape index (κ1) is 20.9. The van der Waals surface area contributed by atoms with E-state index in [0.29, 0.717) is 0 Å². The lowest BCUT2D eigenvalue weighted by Crippen LogP contribution is -2.14. The minimum Gasteiger partial charge on any atom is -0.496 e. The number of rotatable bonds is 8. The summed E-state index contributed by atoms with van der Waals surface area (Å²) in [5.41, 5.74) is 4.15. The molecule has 0 saturated carbocycles. The predicted molar refractivity (Wildman–Crippen MR) is 135 cm³/mol. The first-order chi connectivity index (χ1) is 15.8. The second-order valence-corrected chi connectivity index (χ2v) is 9.77. The molecule has 0 aliphatic heterocycles. The Morgan fingerprint density at radius 3 is 2.66 bits per heavy atom. The summed E-state index contributed by atoms with van der Waals surface area (Å²) in [6.45, 7) is 0. The minimum absolute atomic E-state index is 0.0130. The van der Waals surface area contributed by atoms with Gasteiger partial charge in [0.25, 0.3) is 0 Å². The number of thiazole rings is 2. The second-order valence-electron chi connectivity index (χ2n) is 7.10. The molecule has 4 nitrogen and oxygen atoms in total. The molecule has 1 atom stereocenters. The van der Waals surface area contributed by atoms with Crippen LogP contribution in [0.4, 0.5) is 5.13 Å². The van der Waals surface area contributed by atoms with Gasteiger partial charge in [-0.15, -0.1) is 34.0 Å². The van der Waals surface area contributed by atoms with Crippen LogP contribution in [-0.2, 0) is 6.42 Å². The van der Waals surface area contributed by atoms with E-state index < -0.39 is 0 Å². The number of nitrogens with zero attached hydrogens (tertiary/aromatic N) is 2. The van der Waals surface area contributed by atoms with E-state index in [1.807, 2.05) is 36.4 Å². The maximum absolute atomic E-state index is 5.51. The Labute approximate surface area is 199 Å². The molecule has 159 valence electrons. The van der Waals surface area contributed by atoms with Crippen LogP contribution in [0.25, 0.3) is 21.1 Å². The molecule has 2 aromatic carbocycles. The molecule has 5 aromatic rings. The molecule has 0 fully saturated rings. The van der Waals surface area contributed by atoms with Gasteiger partial charge in [0.2, 0.25) is 0 Å². The Hall–Kier alpha value is -3.00. The topological polar surface area (TPSA) is 47.0 Å². The summed E-state index contributed by atoms with van der Waals surface area (Å²) in [5, 5.41) is 11.8. The average molecular weight is 475 g/mol. The fraction of sp³-hybridized carbons (Fsp3) is 0.120. The normalized spacial score (nSPS) is 11.9. The maximum atomic E-state index is 5.51. The molecule has 0 bridgehead atoms. The lowest BCUT2D eigenvalue weighted by molar-refractivity contribution is 0.416. The van der Waals surface area contributed by atoms with Crippen LogP contribution in [0.5, 0.6) is 5.75 Å². The van der Waals surface area contributed by atoms with Crippen LogP contribution >= 0.6 is 34.0 Å². The number of methoxy groups -OCH3 is 1. The Bertz CT molecular complexity index is 1280. The highest BCUT2D eigenvalue weighted by Gasteiger charge is 2.19. The van der Waals surface area contributed by atoms with E-state index >= 15 is 0 Å². The quantitative estimate of drug-likeness (QED) is 0.258. The van der Waals surface area contributed by atoms with Crippen molar-refractivity contribution in [2.75, 3.05) is 12.4 Å². The zero-order chi connectivity index (χ0) is 21.8. The van der Waals surface area contributed by atoms with Gasteiger partial charge < -0.3 is 10.1 Å². The van der Waals surface area contributed by atoms with Crippen LogP contribution < -0.4 is 10.1 Å². The first-order valence-corrected chi connectivity index (χ1v) is 12.7. The molecule has 0 saturated heterocycles. The maximum Gasteiger partial charge on any atom is 0.183 e. The average Bonchev–Trinajstić information content (AvgIpc) is 3.61. The monoisotopic (exact) mass is 474 g/mol. The molecule has 0 aliphatic rings. The number of aromatic nitrogens is 2. The van der Waals surface area contributed by atoms with Gasteiger partial charge in [0.05, 0.1) is 29.4 Å². The largest absolute Gasteiger partial charge is 0.496 e. The summed E-state index contributed by atoms with van der Waals surface area (Å²) in [6, 6.07) is 23.3. The number of nitrogens with one attached hydrogen (secondary N) is 1. The third-order valence-electron chi connectivity index (χ3n) is 5.02. The van der Waals surface area contributed by atoms with Crippen LogP contribution in [0.3, 0.4) is 0 Å². The minimum atomic E-state index is 0.0130. The van der Waals surface area contributed by atoms with Gasteiger partial charge in [0, 0.05) is 16.3 Å². The fourth-order valence-corrected chi connectivity index (χ4v) is 5.90. The Morgan fingerprint density at radius 2 is 1.84 bits per heavy atom. The van der Waals surface area contributed by atoms with Crippen LogP contribution in [0.2, 0.25) is 0 Å². The fourth-order valence-electron chi connectivity index (χ4n) is 3.45. The van der Waals surface area contributed by atoms with Crippen molar-refractivity contribution in [1.29, 1.82) is 0 Å². The number of ether oxygens (including phenoxy) is 1. The molecule has 5 rings (SSSR count). The highest BCUT2D eigenvalue weighted by Crippen LogP contribution is 2.35. The highest BCUT2D eigenvalue weighted by atomic mass is 32.1. The van der Waals surface area contributed by atoms with Crippen molar-refractivity contribution >= 4 is 39.1 Å². The molecule has 0 aliphatic carbocycles. The summed E-state index contributed by atoms with van der Waals surface area (Å²) in [6.07, 6.45) is 0.811. The molecule has 0 amide bonds. The zero-order valence-corrected chi connectivity index (χ0v) is 19.8. The standard InChI is InChI=1S/C25H20N3OS3/c1-29-22-11-6-5-10-18(22)20-15-32-25(28-20)27-19(14-17-8-3-2-4-9-17)21-16-31-24(26-21)23-12-7-13-30-23/h3-13,15-16,19H,14H2,1H3,(H,27,28)/t19-/m0/s1. The number of anilines is 1. The van der Waals surface area contributed by atoms with Gasteiger partial charge >= 0.3 is 0 Å². The van der Waals surface area contributed by atoms with Crippen LogP contribution in [-0.4, -0.2) is 17.1 Å². The molecule has 3 aromatic heterocycles. The van der Waals surface area contributed by atoms with Crippen molar-refractivity contribution in [1.82, 2.24) is 9.97 Å². The van der Waals surface area contributed by atoms with Gasteiger partial charge in [0.15, 0.2) is 5.13 Å². The van der Waals surface area contributed by atoms with E-state index in [9.17, 15) is 0 Å². The second kappa shape index (κ2) is 9.65. The summed E-state index contributed by atoms with van der Waals surface area (Å²) in [5.74, 6) is 0.821. The number of thiophene rings is 1. The van der Waals surface area contributed by atoms with E-state index in [1.165, 1.54) is 10.4 Å². The van der Waals surface area contributed by atoms with E-state index in [2.05, 4.69) is 51.8 Å². The molecule has 3 heterocycles.